The highest BCUT2D eigenvalue weighted by Gasteiger charge is 2.17. The lowest BCUT2D eigenvalue weighted by molar-refractivity contribution is 0.633. The zero-order valence-corrected chi connectivity index (χ0v) is 29.1. The third kappa shape index (κ3) is 4.34. The van der Waals surface area contributed by atoms with E-state index in [9.17, 15) is 0 Å². The fraction of sp³-hybridized carbons (Fsp3) is 0. The summed E-state index contributed by atoms with van der Waals surface area (Å²) in [5.74, 6) is 0. The van der Waals surface area contributed by atoms with Crippen LogP contribution in [0.4, 0.5) is 0 Å². The van der Waals surface area contributed by atoms with Gasteiger partial charge in [0.15, 0.2) is 11.2 Å². The van der Waals surface area contributed by atoms with Crippen molar-refractivity contribution >= 4 is 87.0 Å². The van der Waals surface area contributed by atoms with Crippen LogP contribution in [0.5, 0.6) is 0 Å². The van der Waals surface area contributed by atoms with Gasteiger partial charge in [0.1, 0.15) is 11.2 Å². The second-order valence-corrected chi connectivity index (χ2v) is 14.4. The summed E-state index contributed by atoms with van der Waals surface area (Å²) in [6, 6.07) is 66.0. The van der Waals surface area contributed by atoms with Crippen LogP contribution < -0.4 is 0 Å². The Labute approximate surface area is 310 Å². The van der Waals surface area contributed by atoms with E-state index in [0.29, 0.717) is 0 Å². The molecule has 0 fully saturated rings. The Morgan fingerprint density at radius 3 is 1.31 bits per heavy atom. The average molecular weight is 687 g/mol. The molecule has 54 heavy (non-hydrogen) atoms. The van der Waals surface area contributed by atoms with E-state index < -0.39 is 0 Å². The first-order valence-corrected chi connectivity index (χ1v) is 18.5. The van der Waals surface area contributed by atoms with Crippen LogP contribution >= 0.6 is 0 Å². The number of furan rings is 2. The lowest BCUT2D eigenvalue weighted by Crippen LogP contribution is -1.88. The van der Waals surface area contributed by atoms with Crippen LogP contribution in [0.3, 0.4) is 0 Å². The molecule has 0 aliphatic rings. The van der Waals surface area contributed by atoms with E-state index >= 15 is 0 Å². The highest BCUT2D eigenvalue weighted by Crippen LogP contribution is 2.42. The summed E-state index contributed by atoms with van der Waals surface area (Å²) in [6.45, 7) is 0. The highest BCUT2D eigenvalue weighted by molar-refractivity contribution is 6.26. The standard InChI is InChI=1S/C52H30O2/c1-2-10-32-25-33(18-17-31(32)9-1)36-26-37(34-19-21-43-41-13-4-3-11-39(41)40-12-5-6-14-42(40)47(43)29-34)28-38(27-36)35-20-24-50-48(30-35)46-23-22-45-44-15-7-8-16-49(44)53-51(45)52(46)54-50/h1-30H. The van der Waals surface area contributed by atoms with Crippen molar-refractivity contribution in [3.8, 4) is 33.4 Å². The molecule has 2 heterocycles. The molecule has 0 saturated carbocycles. The van der Waals surface area contributed by atoms with E-state index in [1.165, 1.54) is 65.3 Å². The van der Waals surface area contributed by atoms with E-state index in [-0.39, 0.29) is 0 Å². The van der Waals surface area contributed by atoms with E-state index in [1.807, 2.05) is 12.1 Å². The third-order valence-corrected chi connectivity index (χ3v) is 11.4. The average Bonchev–Trinajstić information content (AvgIpc) is 3.82. The first-order valence-electron chi connectivity index (χ1n) is 18.5. The van der Waals surface area contributed by atoms with Gasteiger partial charge in [-0.25, -0.2) is 0 Å². The predicted octanol–water partition coefficient (Wildman–Crippen LogP) is 15.1. The molecule has 2 aromatic heterocycles. The fourth-order valence-electron chi connectivity index (χ4n) is 8.78. The smallest absolute Gasteiger partial charge is 0.178 e. The Hall–Kier alpha value is -7.16. The van der Waals surface area contributed by atoms with Gasteiger partial charge in [0.25, 0.3) is 0 Å². The molecule has 250 valence electrons. The monoisotopic (exact) mass is 686 g/mol. The Balaban J connectivity index is 1.08. The topological polar surface area (TPSA) is 26.3 Å². The second kappa shape index (κ2) is 11.2. The normalized spacial score (nSPS) is 12.1. The molecule has 0 atom stereocenters. The predicted molar refractivity (Wildman–Crippen MR) is 227 cm³/mol. The quantitative estimate of drug-likeness (QED) is 0.173. The molecule has 0 N–H and O–H groups in total. The number of benzene rings is 10. The van der Waals surface area contributed by atoms with Gasteiger partial charge in [-0.15, -0.1) is 0 Å². The molecule has 2 heteroatoms. The molecule has 0 spiro atoms. The van der Waals surface area contributed by atoms with E-state index in [1.54, 1.807) is 0 Å². The molecule has 12 rings (SSSR count). The molecule has 0 unspecified atom stereocenters. The largest absolute Gasteiger partial charge is 0.452 e. The molecule has 0 aliphatic heterocycles. The second-order valence-electron chi connectivity index (χ2n) is 14.4. The third-order valence-electron chi connectivity index (χ3n) is 11.4. The van der Waals surface area contributed by atoms with Gasteiger partial charge in [-0.3, -0.25) is 0 Å². The Morgan fingerprint density at radius 1 is 0.222 bits per heavy atom. The Bertz CT molecular complexity index is 3470. The maximum atomic E-state index is 6.53. The first-order chi connectivity index (χ1) is 26.7. The first kappa shape index (κ1) is 29.4. The molecule has 10 aromatic carbocycles. The van der Waals surface area contributed by atoms with Gasteiger partial charge in [-0.1, -0.05) is 121 Å². The van der Waals surface area contributed by atoms with Crippen molar-refractivity contribution in [2.45, 2.75) is 0 Å². The molecule has 0 saturated heterocycles. The van der Waals surface area contributed by atoms with Gasteiger partial charge in [0.2, 0.25) is 0 Å². The van der Waals surface area contributed by atoms with Crippen LogP contribution in [-0.2, 0) is 0 Å². The molecule has 0 radical (unpaired) electrons. The summed E-state index contributed by atoms with van der Waals surface area (Å²) in [7, 11) is 0. The van der Waals surface area contributed by atoms with Crippen molar-refractivity contribution in [1.82, 2.24) is 0 Å². The zero-order chi connectivity index (χ0) is 35.3. The number of hydrogen-bond acceptors (Lipinski definition) is 2. The van der Waals surface area contributed by atoms with Crippen LogP contribution in [0, 0.1) is 0 Å². The number of fused-ring (bicyclic) bond motifs is 14. The summed E-state index contributed by atoms with van der Waals surface area (Å²) >= 11 is 0. The van der Waals surface area contributed by atoms with Crippen LogP contribution in [0.15, 0.2) is 191 Å². The van der Waals surface area contributed by atoms with E-state index in [2.05, 4.69) is 170 Å². The van der Waals surface area contributed by atoms with Crippen molar-refractivity contribution in [3.63, 3.8) is 0 Å². The molecule has 0 bridgehead atoms. The minimum Gasteiger partial charge on any atom is -0.452 e. The molecular weight excluding hydrogens is 657 g/mol. The molecule has 0 amide bonds. The maximum Gasteiger partial charge on any atom is 0.178 e. The lowest BCUT2D eigenvalue weighted by atomic mass is 9.89. The summed E-state index contributed by atoms with van der Waals surface area (Å²) in [5, 5.41) is 14.4. The Kier molecular flexibility index (Phi) is 6.09. The maximum absolute atomic E-state index is 6.53. The van der Waals surface area contributed by atoms with Gasteiger partial charge in [-0.2, -0.15) is 0 Å². The van der Waals surface area contributed by atoms with Crippen molar-refractivity contribution in [2.24, 2.45) is 0 Å². The SMILES string of the molecule is c1ccc2cc(-c3cc(-c4ccc5oc6c(ccc7c8ccccc8oc76)c5c4)cc(-c4ccc5c6ccccc6c6ccccc6c5c4)c3)ccc2c1. The summed E-state index contributed by atoms with van der Waals surface area (Å²) < 4.78 is 12.9. The summed E-state index contributed by atoms with van der Waals surface area (Å²) in [4.78, 5) is 0. The summed E-state index contributed by atoms with van der Waals surface area (Å²) in [6.07, 6.45) is 0. The van der Waals surface area contributed by atoms with Crippen LogP contribution in [0.1, 0.15) is 0 Å². The van der Waals surface area contributed by atoms with Crippen molar-refractivity contribution in [1.29, 1.82) is 0 Å². The number of para-hydroxylation sites is 1. The van der Waals surface area contributed by atoms with Crippen LogP contribution in [-0.4, -0.2) is 0 Å². The van der Waals surface area contributed by atoms with Crippen molar-refractivity contribution in [3.05, 3.63) is 182 Å². The van der Waals surface area contributed by atoms with Gasteiger partial charge >= 0.3 is 0 Å². The molecule has 0 aliphatic carbocycles. The minimum atomic E-state index is 0.789. The van der Waals surface area contributed by atoms with Crippen molar-refractivity contribution < 1.29 is 8.83 Å². The number of hydrogen-bond donors (Lipinski definition) is 0. The number of rotatable bonds is 3. The van der Waals surface area contributed by atoms with Gasteiger partial charge in [0, 0.05) is 21.5 Å². The van der Waals surface area contributed by atoms with Gasteiger partial charge in [-0.05, 0) is 137 Å². The van der Waals surface area contributed by atoms with E-state index in [4.69, 9.17) is 8.83 Å². The molecule has 2 nitrogen and oxygen atoms in total. The Morgan fingerprint density at radius 2 is 0.648 bits per heavy atom. The minimum absolute atomic E-state index is 0.789. The lowest BCUT2D eigenvalue weighted by Gasteiger charge is -2.14. The van der Waals surface area contributed by atoms with Crippen LogP contribution in [0.25, 0.3) is 120 Å². The summed E-state index contributed by atoms with van der Waals surface area (Å²) in [5.41, 5.74) is 10.3. The van der Waals surface area contributed by atoms with Crippen molar-refractivity contribution in [2.75, 3.05) is 0 Å². The highest BCUT2D eigenvalue weighted by atomic mass is 16.4. The molecule has 12 aromatic rings. The van der Waals surface area contributed by atoms with Gasteiger partial charge in [0.05, 0.1) is 0 Å². The fourth-order valence-corrected chi connectivity index (χ4v) is 8.78. The van der Waals surface area contributed by atoms with E-state index in [0.717, 1.165) is 55.0 Å². The molecular formula is C52H30O2. The van der Waals surface area contributed by atoms with Gasteiger partial charge < -0.3 is 8.83 Å². The zero-order valence-electron chi connectivity index (χ0n) is 29.1. The van der Waals surface area contributed by atoms with Crippen LogP contribution in [0.2, 0.25) is 0 Å².